The van der Waals surface area contributed by atoms with Gasteiger partial charge in [-0.25, -0.2) is 0 Å². The standard InChI is InChI=1S/C6H10O.H4Si/c1-3-5-7-6-4-2;/h3-4H,1-2,5-6H2;1H4. The monoisotopic (exact) mass is 130 g/mol. The topological polar surface area (TPSA) is 9.23 Å². The van der Waals surface area contributed by atoms with Gasteiger partial charge in [-0.1, -0.05) is 12.2 Å². The van der Waals surface area contributed by atoms with Crippen LogP contribution in [0, 0.1) is 0 Å². The molecule has 0 aromatic carbocycles. The minimum atomic E-state index is 0. The molecule has 0 fully saturated rings. The Bertz CT molecular complexity index is 53.5. The molecule has 2 heteroatoms. The highest BCUT2D eigenvalue weighted by Crippen LogP contribution is 1.72. The Morgan fingerprint density at radius 2 is 1.50 bits per heavy atom. The van der Waals surface area contributed by atoms with Crippen LogP contribution in [-0.2, 0) is 4.74 Å². The first-order valence-electron chi connectivity index (χ1n) is 2.21. The predicted octanol–water partition coefficient (Wildman–Crippen LogP) is -0.0766. The average Bonchev–Trinajstić information content (AvgIpc) is 1.69. The van der Waals surface area contributed by atoms with Crippen molar-refractivity contribution in [2.45, 2.75) is 0 Å². The summed E-state index contributed by atoms with van der Waals surface area (Å²) in [6.07, 6.45) is 3.42. The predicted molar refractivity (Wildman–Crippen MR) is 42.5 cm³/mol. The SMILES string of the molecule is C=CCOCC=C.[SiH4]. The summed E-state index contributed by atoms with van der Waals surface area (Å²) in [6.45, 7) is 8.18. The summed E-state index contributed by atoms with van der Waals surface area (Å²) in [5.74, 6) is 0. The van der Waals surface area contributed by atoms with Crippen molar-refractivity contribution in [3.63, 3.8) is 0 Å². The molecule has 0 amide bonds. The van der Waals surface area contributed by atoms with Gasteiger partial charge in [-0.2, -0.15) is 0 Å². The van der Waals surface area contributed by atoms with Crippen LogP contribution in [0.2, 0.25) is 0 Å². The van der Waals surface area contributed by atoms with E-state index in [-0.39, 0.29) is 11.0 Å². The molecule has 0 spiro atoms. The second kappa shape index (κ2) is 9.82. The summed E-state index contributed by atoms with van der Waals surface area (Å²) in [4.78, 5) is 0. The molecule has 0 aromatic heterocycles. The van der Waals surface area contributed by atoms with Crippen LogP contribution in [-0.4, -0.2) is 24.2 Å². The van der Waals surface area contributed by atoms with Crippen LogP contribution in [0.5, 0.6) is 0 Å². The molecule has 48 valence electrons. The van der Waals surface area contributed by atoms with Gasteiger partial charge in [-0.3, -0.25) is 0 Å². The molecule has 0 aromatic rings. The van der Waals surface area contributed by atoms with Crippen LogP contribution < -0.4 is 0 Å². The highest BCUT2D eigenvalue weighted by Gasteiger charge is 1.70. The maximum Gasteiger partial charge on any atom is 0.0649 e. The minimum Gasteiger partial charge on any atom is -0.373 e. The van der Waals surface area contributed by atoms with E-state index in [9.17, 15) is 0 Å². The van der Waals surface area contributed by atoms with E-state index >= 15 is 0 Å². The van der Waals surface area contributed by atoms with Crippen molar-refractivity contribution in [1.82, 2.24) is 0 Å². The van der Waals surface area contributed by atoms with Crippen LogP contribution in [0.3, 0.4) is 0 Å². The molecule has 0 heterocycles. The van der Waals surface area contributed by atoms with E-state index in [4.69, 9.17) is 4.74 Å². The number of ether oxygens (including phenoxy) is 1. The van der Waals surface area contributed by atoms with Crippen molar-refractivity contribution in [1.29, 1.82) is 0 Å². The Morgan fingerprint density at radius 3 is 1.75 bits per heavy atom. The van der Waals surface area contributed by atoms with E-state index in [2.05, 4.69) is 13.2 Å². The van der Waals surface area contributed by atoms with Gasteiger partial charge in [0.2, 0.25) is 0 Å². The molecule has 0 N–H and O–H groups in total. The Labute approximate surface area is 55.1 Å². The molecular weight excluding hydrogens is 116 g/mol. The summed E-state index contributed by atoms with van der Waals surface area (Å²) in [5, 5.41) is 0. The Balaban J connectivity index is 0. The molecule has 0 aliphatic rings. The lowest BCUT2D eigenvalue weighted by molar-refractivity contribution is 0.194. The normalized spacial score (nSPS) is 7.00. The first-order valence-corrected chi connectivity index (χ1v) is 2.21. The molecule has 0 aliphatic heterocycles. The molecule has 1 nitrogen and oxygen atoms in total. The molecule has 0 rings (SSSR count). The van der Waals surface area contributed by atoms with Gasteiger partial charge >= 0.3 is 0 Å². The average molecular weight is 130 g/mol. The van der Waals surface area contributed by atoms with Gasteiger partial charge in [0.05, 0.1) is 13.2 Å². The van der Waals surface area contributed by atoms with Crippen LogP contribution >= 0.6 is 0 Å². The quantitative estimate of drug-likeness (QED) is 0.294. The second-order valence-corrected chi connectivity index (χ2v) is 1.11. The minimum absolute atomic E-state index is 0. The van der Waals surface area contributed by atoms with E-state index < -0.39 is 0 Å². The second-order valence-electron chi connectivity index (χ2n) is 1.11. The smallest absolute Gasteiger partial charge is 0.0649 e. The van der Waals surface area contributed by atoms with Gasteiger partial charge in [-0.05, 0) is 11.0 Å². The summed E-state index contributed by atoms with van der Waals surface area (Å²) in [6, 6.07) is 0. The molecule has 0 saturated carbocycles. The van der Waals surface area contributed by atoms with Gasteiger partial charge in [0.15, 0.2) is 0 Å². The van der Waals surface area contributed by atoms with Gasteiger partial charge in [0, 0.05) is 0 Å². The van der Waals surface area contributed by atoms with E-state index in [1.807, 2.05) is 0 Å². The largest absolute Gasteiger partial charge is 0.373 e. The highest BCUT2D eigenvalue weighted by atomic mass is 28.1. The number of hydrogen-bond acceptors (Lipinski definition) is 1. The maximum atomic E-state index is 4.90. The lowest BCUT2D eigenvalue weighted by Crippen LogP contribution is -1.87. The summed E-state index contributed by atoms with van der Waals surface area (Å²) in [5.41, 5.74) is 0. The Kier molecular flexibility index (Phi) is 13.0. The summed E-state index contributed by atoms with van der Waals surface area (Å²) in [7, 11) is 0. The van der Waals surface area contributed by atoms with Crippen molar-refractivity contribution in [2.24, 2.45) is 0 Å². The molecule has 8 heavy (non-hydrogen) atoms. The molecule has 0 atom stereocenters. The molecule has 0 bridgehead atoms. The van der Waals surface area contributed by atoms with E-state index in [1.54, 1.807) is 12.2 Å². The van der Waals surface area contributed by atoms with Crippen molar-refractivity contribution in [2.75, 3.05) is 13.2 Å². The lowest BCUT2D eigenvalue weighted by Gasteiger charge is -1.89. The maximum absolute atomic E-state index is 4.90. The van der Waals surface area contributed by atoms with E-state index in [0.717, 1.165) is 0 Å². The fourth-order valence-corrected chi connectivity index (χ4v) is 0.235. The van der Waals surface area contributed by atoms with Crippen LogP contribution in [0.1, 0.15) is 0 Å². The van der Waals surface area contributed by atoms with Crippen molar-refractivity contribution in [3.05, 3.63) is 25.3 Å². The van der Waals surface area contributed by atoms with E-state index in [0.29, 0.717) is 13.2 Å². The van der Waals surface area contributed by atoms with Gasteiger partial charge in [-0.15, -0.1) is 13.2 Å². The van der Waals surface area contributed by atoms with Crippen LogP contribution in [0.4, 0.5) is 0 Å². The van der Waals surface area contributed by atoms with Crippen LogP contribution in [0.25, 0.3) is 0 Å². The molecular formula is C6H14OSi. The van der Waals surface area contributed by atoms with Gasteiger partial charge in [0.25, 0.3) is 0 Å². The number of rotatable bonds is 4. The highest BCUT2D eigenvalue weighted by molar-refractivity contribution is 5.75. The molecule has 0 saturated heterocycles. The summed E-state index contributed by atoms with van der Waals surface area (Å²) < 4.78 is 4.90. The van der Waals surface area contributed by atoms with Crippen molar-refractivity contribution in [3.8, 4) is 0 Å². The van der Waals surface area contributed by atoms with Gasteiger partial charge in [0.1, 0.15) is 0 Å². The zero-order valence-corrected chi connectivity index (χ0v) is 4.39. The third kappa shape index (κ3) is 9.17. The van der Waals surface area contributed by atoms with Crippen molar-refractivity contribution >= 4 is 11.0 Å². The fourth-order valence-electron chi connectivity index (χ4n) is 0.235. The first kappa shape index (κ1) is 10.6. The summed E-state index contributed by atoms with van der Waals surface area (Å²) >= 11 is 0. The third-order valence-electron chi connectivity index (χ3n) is 0.471. The zero-order valence-electron chi connectivity index (χ0n) is 4.39. The zero-order chi connectivity index (χ0) is 5.54. The Morgan fingerprint density at radius 1 is 1.12 bits per heavy atom. The molecule has 0 radical (unpaired) electrons. The van der Waals surface area contributed by atoms with E-state index in [1.165, 1.54) is 0 Å². The molecule has 0 aliphatic carbocycles. The lowest BCUT2D eigenvalue weighted by atomic mass is 10.6. The third-order valence-corrected chi connectivity index (χ3v) is 0.471. The fraction of sp³-hybridized carbons (Fsp3) is 0.333. The molecule has 0 unspecified atom stereocenters. The first-order chi connectivity index (χ1) is 3.41. The number of hydrogen-bond donors (Lipinski definition) is 0. The van der Waals surface area contributed by atoms with Crippen LogP contribution in [0.15, 0.2) is 25.3 Å². The van der Waals surface area contributed by atoms with Crippen molar-refractivity contribution < 1.29 is 4.74 Å². The Hall–Kier alpha value is -0.343. The van der Waals surface area contributed by atoms with Gasteiger partial charge < -0.3 is 4.74 Å².